The summed E-state index contributed by atoms with van der Waals surface area (Å²) in [4.78, 5) is 24.7. The molecule has 0 atom stereocenters. The van der Waals surface area contributed by atoms with E-state index in [0.717, 1.165) is 5.56 Å². The smallest absolute Gasteiger partial charge is 0.339 e. The summed E-state index contributed by atoms with van der Waals surface area (Å²) in [7, 11) is 1.27. The molecule has 0 spiro atoms. The molecule has 3 rings (SSSR count). The van der Waals surface area contributed by atoms with Gasteiger partial charge in [-0.2, -0.15) is 5.10 Å². The highest BCUT2D eigenvalue weighted by atomic mass is 35.5. The van der Waals surface area contributed by atoms with Gasteiger partial charge in [0.25, 0.3) is 5.91 Å². The minimum Gasteiger partial charge on any atom is -0.465 e. The Bertz CT molecular complexity index is 1030. The fourth-order valence-electron chi connectivity index (χ4n) is 2.74. The number of carbonyl (C=O) groups is 2. The van der Waals surface area contributed by atoms with E-state index in [-0.39, 0.29) is 28.6 Å². The molecule has 1 heterocycles. The molecule has 0 fully saturated rings. The molecule has 28 heavy (non-hydrogen) atoms. The molecule has 0 saturated carbocycles. The highest BCUT2D eigenvalue weighted by Crippen LogP contribution is 2.24. The van der Waals surface area contributed by atoms with Gasteiger partial charge in [0.15, 0.2) is 0 Å². The summed E-state index contributed by atoms with van der Waals surface area (Å²) >= 11 is 6.38. The summed E-state index contributed by atoms with van der Waals surface area (Å²) in [6.45, 7) is 1.94. The van der Waals surface area contributed by atoms with E-state index in [2.05, 4.69) is 10.4 Å². The number of benzene rings is 2. The van der Waals surface area contributed by atoms with Gasteiger partial charge in [-0.15, -0.1) is 0 Å². The molecule has 1 amide bonds. The molecule has 1 aromatic heterocycles. The maximum atomic E-state index is 13.1. The second kappa shape index (κ2) is 8.22. The van der Waals surface area contributed by atoms with Crippen LogP contribution in [0.25, 0.3) is 0 Å². The van der Waals surface area contributed by atoms with Crippen molar-refractivity contribution in [1.82, 2.24) is 9.78 Å². The number of carbonyl (C=O) groups excluding carboxylic acids is 2. The lowest BCUT2D eigenvalue weighted by Gasteiger charge is -2.09. The molecule has 0 aliphatic rings. The van der Waals surface area contributed by atoms with Crippen LogP contribution in [0.15, 0.2) is 48.5 Å². The van der Waals surface area contributed by atoms with Crippen LogP contribution in [0.1, 0.15) is 32.0 Å². The first kappa shape index (κ1) is 19.6. The Labute approximate surface area is 165 Å². The van der Waals surface area contributed by atoms with Crippen LogP contribution in [0.3, 0.4) is 0 Å². The van der Waals surface area contributed by atoms with Gasteiger partial charge in [-0.25, -0.2) is 13.9 Å². The van der Waals surface area contributed by atoms with Gasteiger partial charge in [0.2, 0.25) is 0 Å². The fraction of sp³-hybridized carbons (Fsp3) is 0.150. The molecule has 144 valence electrons. The normalized spacial score (nSPS) is 10.6. The first-order valence-corrected chi connectivity index (χ1v) is 8.74. The lowest BCUT2D eigenvalue weighted by molar-refractivity contribution is 0.0602. The van der Waals surface area contributed by atoms with Gasteiger partial charge >= 0.3 is 5.97 Å². The van der Waals surface area contributed by atoms with Gasteiger partial charge in [-0.05, 0) is 36.8 Å². The lowest BCUT2D eigenvalue weighted by atomic mass is 10.1. The summed E-state index contributed by atoms with van der Waals surface area (Å²) in [6, 6.07) is 12.4. The minimum absolute atomic E-state index is 0.148. The average Bonchev–Trinajstić information content (AvgIpc) is 2.96. The number of methoxy groups -OCH3 is 1. The molecule has 8 heteroatoms. The predicted octanol–water partition coefficient (Wildman–Crippen LogP) is 4.07. The van der Waals surface area contributed by atoms with E-state index in [1.165, 1.54) is 23.9 Å². The topological polar surface area (TPSA) is 73.2 Å². The standard InChI is InChI=1S/C20H17ClFN3O3/c1-12-17(18(21)25(24-12)11-13-7-9-14(22)10-8-13)19(26)23-16-6-4-3-5-15(16)20(27)28-2/h3-10H,11H2,1-2H3,(H,23,26). The first-order chi connectivity index (χ1) is 13.4. The van der Waals surface area contributed by atoms with E-state index < -0.39 is 11.9 Å². The Kier molecular flexibility index (Phi) is 5.75. The molecule has 6 nitrogen and oxygen atoms in total. The number of hydrogen-bond acceptors (Lipinski definition) is 4. The number of amides is 1. The van der Waals surface area contributed by atoms with E-state index in [9.17, 15) is 14.0 Å². The maximum Gasteiger partial charge on any atom is 0.339 e. The SMILES string of the molecule is COC(=O)c1ccccc1NC(=O)c1c(C)nn(Cc2ccc(F)cc2)c1Cl. The third kappa shape index (κ3) is 4.04. The third-order valence-electron chi connectivity index (χ3n) is 4.12. The van der Waals surface area contributed by atoms with E-state index >= 15 is 0 Å². The molecular weight excluding hydrogens is 385 g/mol. The number of para-hydroxylation sites is 1. The number of esters is 1. The number of halogens is 2. The number of aromatic nitrogens is 2. The molecule has 0 bridgehead atoms. The second-order valence-electron chi connectivity index (χ2n) is 6.03. The molecule has 0 saturated heterocycles. The van der Waals surface area contributed by atoms with Gasteiger partial charge in [0, 0.05) is 0 Å². The number of hydrogen-bond donors (Lipinski definition) is 1. The maximum absolute atomic E-state index is 13.1. The van der Waals surface area contributed by atoms with E-state index in [0.29, 0.717) is 11.4 Å². The van der Waals surface area contributed by atoms with Gasteiger partial charge < -0.3 is 10.1 Å². The van der Waals surface area contributed by atoms with Crippen molar-refractivity contribution in [2.75, 3.05) is 12.4 Å². The van der Waals surface area contributed by atoms with Crippen molar-refractivity contribution in [3.05, 3.63) is 81.9 Å². The van der Waals surface area contributed by atoms with Crippen molar-refractivity contribution in [2.24, 2.45) is 0 Å². The monoisotopic (exact) mass is 401 g/mol. The highest BCUT2D eigenvalue weighted by molar-refractivity contribution is 6.33. The number of nitrogens with zero attached hydrogens (tertiary/aromatic N) is 2. The zero-order valence-electron chi connectivity index (χ0n) is 15.2. The molecular formula is C20H17ClFN3O3. The van der Waals surface area contributed by atoms with Gasteiger partial charge in [0.1, 0.15) is 11.0 Å². The Morgan fingerprint density at radius 3 is 2.54 bits per heavy atom. The van der Waals surface area contributed by atoms with Crippen LogP contribution in [-0.4, -0.2) is 28.8 Å². The van der Waals surface area contributed by atoms with Gasteiger partial charge in [0.05, 0.1) is 36.2 Å². The molecule has 1 N–H and O–H groups in total. The Balaban J connectivity index is 1.86. The molecule has 0 aliphatic heterocycles. The van der Waals surface area contributed by atoms with E-state index in [1.54, 1.807) is 43.3 Å². The van der Waals surface area contributed by atoms with Crippen molar-refractivity contribution in [3.8, 4) is 0 Å². The molecule has 2 aromatic carbocycles. The Hall–Kier alpha value is -3.19. The fourth-order valence-corrected chi connectivity index (χ4v) is 3.06. The number of ether oxygens (including phenoxy) is 1. The Morgan fingerprint density at radius 1 is 1.18 bits per heavy atom. The molecule has 3 aromatic rings. The van der Waals surface area contributed by atoms with Gasteiger partial charge in [-0.1, -0.05) is 35.9 Å². The number of aryl methyl sites for hydroxylation is 1. The van der Waals surface area contributed by atoms with Crippen molar-refractivity contribution in [1.29, 1.82) is 0 Å². The summed E-state index contributed by atoms with van der Waals surface area (Å²) < 4.78 is 19.3. The molecule has 0 aliphatic carbocycles. The largest absolute Gasteiger partial charge is 0.465 e. The number of anilines is 1. The van der Waals surface area contributed by atoms with E-state index in [4.69, 9.17) is 16.3 Å². The third-order valence-corrected chi connectivity index (χ3v) is 4.50. The minimum atomic E-state index is -0.564. The van der Waals surface area contributed by atoms with Crippen LogP contribution in [0.2, 0.25) is 5.15 Å². The van der Waals surface area contributed by atoms with Crippen molar-refractivity contribution in [2.45, 2.75) is 13.5 Å². The number of rotatable bonds is 5. The second-order valence-corrected chi connectivity index (χ2v) is 6.38. The lowest BCUT2D eigenvalue weighted by Crippen LogP contribution is -2.16. The van der Waals surface area contributed by atoms with Crippen molar-refractivity contribution in [3.63, 3.8) is 0 Å². The van der Waals surface area contributed by atoms with Crippen LogP contribution >= 0.6 is 11.6 Å². The van der Waals surface area contributed by atoms with Gasteiger partial charge in [-0.3, -0.25) is 4.79 Å². The van der Waals surface area contributed by atoms with Crippen LogP contribution < -0.4 is 5.32 Å². The van der Waals surface area contributed by atoms with Crippen molar-refractivity contribution >= 4 is 29.2 Å². The highest BCUT2D eigenvalue weighted by Gasteiger charge is 2.22. The van der Waals surface area contributed by atoms with E-state index in [1.807, 2.05) is 0 Å². The average molecular weight is 402 g/mol. The molecule has 0 radical (unpaired) electrons. The summed E-state index contributed by atoms with van der Waals surface area (Å²) in [6.07, 6.45) is 0. The summed E-state index contributed by atoms with van der Waals surface area (Å²) in [5, 5.41) is 7.13. The quantitative estimate of drug-likeness (QED) is 0.654. The molecule has 0 unspecified atom stereocenters. The van der Waals surface area contributed by atoms with Crippen molar-refractivity contribution < 1.29 is 18.7 Å². The first-order valence-electron chi connectivity index (χ1n) is 8.36. The summed E-state index contributed by atoms with van der Waals surface area (Å²) in [5.41, 5.74) is 1.95. The number of nitrogens with one attached hydrogen (secondary N) is 1. The van der Waals surface area contributed by atoms with Crippen LogP contribution in [0.4, 0.5) is 10.1 Å². The van der Waals surface area contributed by atoms with Crippen LogP contribution in [0.5, 0.6) is 0 Å². The van der Waals surface area contributed by atoms with Crippen LogP contribution in [0, 0.1) is 12.7 Å². The Morgan fingerprint density at radius 2 is 1.86 bits per heavy atom. The predicted molar refractivity (Wildman–Crippen MR) is 103 cm³/mol. The zero-order chi connectivity index (χ0) is 20.3. The van der Waals surface area contributed by atoms with Crippen LogP contribution in [-0.2, 0) is 11.3 Å². The zero-order valence-corrected chi connectivity index (χ0v) is 16.0. The summed E-state index contributed by atoms with van der Waals surface area (Å²) in [5.74, 6) is -1.40.